The molecule has 4 heterocycles. The zero-order chi connectivity index (χ0) is 9.71. The molecule has 14 heavy (non-hydrogen) atoms. The van der Waals surface area contributed by atoms with Gasteiger partial charge in [-0.3, -0.25) is 0 Å². The van der Waals surface area contributed by atoms with Crippen molar-refractivity contribution in [3.05, 3.63) is 16.5 Å². The molecule has 2 bridgehead atoms. The summed E-state index contributed by atoms with van der Waals surface area (Å²) >= 11 is 1.97. The lowest BCUT2D eigenvalue weighted by atomic mass is 9.82. The van der Waals surface area contributed by atoms with Crippen LogP contribution in [0.1, 0.15) is 49.7 Å². The average Bonchev–Trinajstić information content (AvgIpc) is 2.65. The number of thiophene rings is 1. The van der Waals surface area contributed by atoms with Gasteiger partial charge in [0.2, 0.25) is 0 Å². The Kier molecular flexibility index (Phi) is 1.88. The normalized spacial score (nSPS) is 20.6. The molecule has 0 radical (unpaired) electrons. The van der Waals surface area contributed by atoms with Gasteiger partial charge in [0.25, 0.3) is 0 Å². The Balaban J connectivity index is 2.13. The van der Waals surface area contributed by atoms with Crippen LogP contribution in [0.5, 0.6) is 0 Å². The molecule has 76 valence electrons. The van der Waals surface area contributed by atoms with Crippen LogP contribution in [0.25, 0.3) is 0 Å². The molecule has 0 saturated carbocycles. The molecule has 0 atom stereocenters. The van der Waals surface area contributed by atoms with Crippen LogP contribution in [0.2, 0.25) is 0 Å². The summed E-state index contributed by atoms with van der Waals surface area (Å²) in [5.41, 5.74) is 3.34. The third-order valence-electron chi connectivity index (χ3n) is 3.65. The minimum atomic E-state index is 0.704. The van der Waals surface area contributed by atoms with E-state index in [1.807, 2.05) is 11.3 Å². The first-order valence-electron chi connectivity index (χ1n) is 5.63. The van der Waals surface area contributed by atoms with Gasteiger partial charge in [-0.25, -0.2) is 0 Å². The Morgan fingerprint density at radius 3 is 2.71 bits per heavy atom. The van der Waals surface area contributed by atoms with Crippen molar-refractivity contribution in [2.24, 2.45) is 0 Å². The molecule has 4 rings (SSSR count). The van der Waals surface area contributed by atoms with Crippen LogP contribution in [0.4, 0.5) is 5.00 Å². The Morgan fingerprint density at radius 1 is 1.36 bits per heavy atom. The summed E-state index contributed by atoms with van der Waals surface area (Å²) in [7, 11) is 0. The molecule has 0 amide bonds. The van der Waals surface area contributed by atoms with Crippen LogP contribution < -0.4 is 4.90 Å². The second-order valence-corrected chi connectivity index (χ2v) is 5.68. The molecular formula is C12H17NS. The van der Waals surface area contributed by atoms with Crippen LogP contribution in [0.15, 0.2) is 5.38 Å². The quantitative estimate of drug-likeness (QED) is 0.680. The van der Waals surface area contributed by atoms with E-state index < -0.39 is 0 Å². The monoisotopic (exact) mass is 207 g/mol. The van der Waals surface area contributed by atoms with Crippen molar-refractivity contribution in [1.29, 1.82) is 0 Å². The van der Waals surface area contributed by atoms with Crippen LogP contribution >= 0.6 is 11.3 Å². The van der Waals surface area contributed by atoms with Gasteiger partial charge in [0.15, 0.2) is 0 Å². The highest BCUT2D eigenvalue weighted by Gasteiger charge is 2.34. The lowest BCUT2D eigenvalue weighted by Crippen LogP contribution is -2.38. The highest BCUT2D eigenvalue weighted by molar-refractivity contribution is 7.14. The van der Waals surface area contributed by atoms with Crippen molar-refractivity contribution in [1.82, 2.24) is 0 Å². The van der Waals surface area contributed by atoms with Crippen molar-refractivity contribution in [3.8, 4) is 0 Å². The van der Waals surface area contributed by atoms with E-state index in [0.29, 0.717) is 5.92 Å². The van der Waals surface area contributed by atoms with Crippen LogP contribution in [-0.4, -0.2) is 13.1 Å². The maximum atomic E-state index is 2.59. The van der Waals surface area contributed by atoms with Crippen LogP contribution in [0.3, 0.4) is 0 Å². The van der Waals surface area contributed by atoms with Gasteiger partial charge >= 0.3 is 0 Å². The first-order valence-corrected chi connectivity index (χ1v) is 6.51. The van der Waals surface area contributed by atoms with E-state index in [4.69, 9.17) is 0 Å². The fraction of sp³-hybridized carbons (Fsp3) is 0.667. The standard InChI is InChI=1S/C12H17NS/c1-8(2)10-7-14-12-11(10)9-3-5-13(12)6-4-9/h7-9H,3-6H2,1-2H3. The molecule has 1 aromatic rings. The Morgan fingerprint density at radius 2 is 2.07 bits per heavy atom. The van der Waals surface area contributed by atoms with E-state index >= 15 is 0 Å². The lowest BCUT2D eigenvalue weighted by molar-refractivity contribution is 0.475. The van der Waals surface area contributed by atoms with E-state index in [1.165, 1.54) is 25.9 Å². The summed E-state index contributed by atoms with van der Waals surface area (Å²) in [6, 6.07) is 0. The maximum absolute atomic E-state index is 2.59. The third kappa shape index (κ3) is 1.07. The molecular weight excluding hydrogens is 190 g/mol. The van der Waals surface area contributed by atoms with Gasteiger partial charge in [-0.2, -0.15) is 0 Å². The number of fused-ring (bicyclic) bond motifs is 2. The topological polar surface area (TPSA) is 3.24 Å². The van der Waals surface area contributed by atoms with Gasteiger partial charge < -0.3 is 4.90 Å². The van der Waals surface area contributed by atoms with Gasteiger partial charge in [0.1, 0.15) is 0 Å². The molecule has 1 fully saturated rings. The van der Waals surface area contributed by atoms with Crippen LogP contribution in [0, 0.1) is 0 Å². The van der Waals surface area contributed by atoms with E-state index in [1.54, 1.807) is 16.1 Å². The number of hydrogen-bond acceptors (Lipinski definition) is 2. The fourth-order valence-corrected chi connectivity index (χ4v) is 4.22. The third-order valence-corrected chi connectivity index (χ3v) is 4.72. The summed E-state index contributed by atoms with van der Waals surface area (Å²) in [6.07, 6.45) is 2.78. The summed E-state index contributed by atoms with van der Waals surface area (Å²) in [4.78, 5) is 2.59. The first-order chi connectivity index (χ1) is 6.77. The predicted molar refractivity (Wildman–Crippen MR) is 62.6 cm³/mol. The number of piperidine rings is 1. The average molecular weight is 207 g/mol. The van der Waals surface area contributed by atoms with Gasteiger partial charge in [-0.15, -0.1) is 11.3 Å². The Hall–Kier alpha value is -0.500. The zero-order valence-corrected chi connectivity index (χ0v) is 9.73. The molecule has 3 aliphatic rings. The molecule has 1 aromatic heterocycles. The predicted octanol–water partition coefficient (Wildman–Crippen LogP) is 3.57. The van der Waals surface area contributed by atoms with E-state index in [9.17, 15) is 0 Å². The van der Waals surface area contributed by atoms with Crippen molar-refractivity contribution in [3.63, 3.8) is 0 Å². The SMILES string of the molecule is CC(C)c1csc2c1C1CCN2CC1. The molecule has 0 spiro atoms. The Labute approximate surface area is 89.7 Å². The minimum absolute atomic E-state index is 0.704. The maximum Gasteiger partial charge on any atom is 0.0946 e. The lowest BCUT2D eigenvalue weighted by Gasteiger charge is -2.40. The van der Waals surface area contributed by atoms with Gasteiger partial charge in [-0.05, 0) is 41.2 Å². The molecule has 0 N–H and O–H groups in total. The summed E-state index contributed by atoms with van der Waals surface area (Å²) < 4.78 is 0. The second kappa shape index (κ2) is 2.99. The van der Waals surface area contributed by atoms with Crippen LogP contribution in [-0.2, 0) is 0 Å². The minimum Gasteiger partial charge on any atom is -0.363 e. The molecule has 1 nitrogen and oxygen atoms in total. The number of hydrogen-bond donors (Lipinski definition) is 0. The van der Waals surface area contributed by atoms with Gasteiger partial charge in [0, 0.05) is 13.1 Å². The smallest absolute Gasteiger partial charge is 0.0946 e. The van der Waals surface area contributed by atoms with E-state index in [2.05, 4.69) is 24.1 Å². The number of rotatable bonds is 1. The number of nitrogens with zero attached hydrogens (tertiary/aromatic N) is 1. The first kappa shape index (κ1) is 8.78. The summed E-state index contributed by atoms with van der Waals surface area (Å²) in [6.45, 7) is 7.24. The molecule has 0 unspecified atom stereocenters. The van der Waals surface area contributed by atoms with Crippen molar-refractivity contribution >= 4 is 16.3 Å². The highest BCUT2D eigenvalue weighted by Crippen LogP contribution is 2.49. The van der Waals surface area contributed by atoms with Gasteiger partial charge in [-0.1, -0.05) is 13.8 Å². The van der Waals surface area contributed by atoms with Gasteiger partial charge in [0.05, 0.1) is 5.00 Å². The molecule has 0 aromatic carbocycles. The van der Waals surface area contributed by atoms with Crippen molar-refractivity contribution < 1.29 is 0 Å². The summed E-state index contributed by atoms with van der Waals surface area (Å²) in [5, 5.41) is 3.99. The number of anilines is 1. The molecule has 1 saturated heterocycles. The Bertz CT molecular complexity index is 332. The molecule has 3 aliphatic heterocycles. The molecule has 0 aliphatic carbocycles. The van der Waals surface area contributed by atoms with E-state index in [-0.39, 0.29) is 0 Å². The second-order valence-electron chi connectivity index (χ2n) is 4.83. The highest BCUT2D eigenvalue weighted by atomic mass is 32.1. The zero-order valence-electron chi connectivity index (χ0n) is 8.92. The largest absolute Gasteiger partial charge is 0.363 e. The fourth-order valence-electron chi connectivity index (χ4n) is 2.84. The van der Waals surface area contributed by atoms with Crippen molar-refractivity contribution in [2.45, 2.75) is 38.5 Å². The molecule has 2 heteroatoms. The summed E-state index contributed by atoms with van der Waals surface area (Å²) in [5.74, 6) is 1.59. The van der Waals surface area contributed by atoms with E-state index in [0.717, 1.165) is 5.92 Å². The van der Waals surface area contributed by atoms with Crippen molar-refractivity contribution in [2.75, 3.05) is 18.0 Å².